The minimum absolute atomic E-state index is 0. The van der Waals surface area contributed by atoms with Crippen molar-refractivity contribution < 1.29 is 32.7 Å². The Morgan fingerprint density at radius 1 is 1.11 bits per heavy atom. The Kier molecular flexibility index (Phi) is 11.5. The quantitative estimate of drug-likeness (QED) is 0.393. The van der Waals surface area contributed by atoms with E-state index >= 15 is 0 Å². The first-order chi connectivity index (χ1) is 17.0. The molecule has 2 saturated heterocycles. The Morgan fingerprint density at radius 2 is 1.73 bits per heavy atom. The van der Waals surface area contributed by atoms with Gasteiger partial charge in [-0.25, -0.2) is 13.2 Å². The molecule has 1 aromatic rings. The molecular weight excluding hydrogens is 533 g/mol. The van der Waals surface area contributed by atoms with Crippen LogP contribution in [0.3, 0.4) is 0 Å². The molecule has 0 aliphatic carbocycles. The van der Waals surface area contributed by atoms with E-state index in [9.17, 15) is 32.7 Å². The van der Waals surface area contributed by atoms with E-state index in [0.29, 0.717) is 44.3 Å². The Balaban J connectivity index is 0.00000481. The molecule has 0 aromatic heterocycles. The van der Waals surface area contributed by atoms with Crippen molar-refractivity contribution in [2.75, 3.05) is 25.4 Å². The number of nitrogens with zero attached hydrogens (tertiary/aromatic N) is 2. The summed E-state index contributed by atoms with van der Waals surface area (Å²) in [6.07, 6.45) is 0.891. The molecule has 13 heteroatoms. The summed E-state index contributed by atoms with van der Waals surface area (Å²) in [5, 5.41) is 11.8. The number of hydrogen-bond donors (Lipinski definition) is 3. The first kappa shape index (κ1) is 31.2. The summed E-state index contributed by atoms with van der Waals surface area (Å²) in [6, 6.07) is -0.330. The van der Waals surface area contributed by atoms with E-state index < -0.39 is 40.9 Å². The van der Waals surface area contributed by atoms with Crippen molar-refractivity contribution >= 4 is 42.0 Å². The normalized spacial score (nSPS) is 20.4. The highest BCUT2D eigenvalue weighted by atomic mass is 35.5. The van der Waals surface area contributed by atoms with E-state index in [1.165, 1.54) is 16.7 Å². The van der Waals surface area contributed by atoms with Gasteiger partial charge in [0.05, 0.1) is 0 Å². The van der Waals surface area contributed by atoms with Crippen molar-refractivity contribution in [3.8, 4) is 0 Å². The maximum absolute atomic E-state index is 13.9. The van der Waals surface area contributed by atoms with Crippen LogP contribution in [0.5, 0.6) is 0 Å². The number of rotatable bonds is 9. The number of benzene rings is 1. The van der Waals surface area contributed by atoms with Crippen LogP contribution in [0.4, 0.5) is 13.2 Å². The Bertz CT molecular complexity index is 982. The minimum atomic E-state index is -1.30. The van der Waals surface area contributed by atoms with Crippen LogP contribution in [0, 0.1) is 23.4 Å². The molecule has 2 aliphatic rings. The zero-order chi connectivity index (χ0) is 26.6. The lowest BCUT2D eigenvalue weighted by molar-refractivity contribution is -0.145. The number of carbonyl (C=O) groups is 3. The van der Waals surface area contributed by atoms with Gasteiger partial charge in [0.25, 0.3) is 5.91 Å². The third kappa shape index (κ3) is 7.98. The zero-order valence-electron chi connectivity index (χ0n) is 20.8. The molecule has 37 heavy (non-hydrogen) atoms. The first-order valence-electron chi connectivity index (χ1n) is 12.0. The minimum Gasteiger partial charge on any atom is -0.480 e. The molecule has 0 saturated carbocycles. The van der Waals surface area contributed by atoms with Crippen LogP contribution >= 0.6 is 24.2 Å². The van der Waals surface area contributed by atoms with E-state index in [1.54, 1.807) is 0 Å². The van der Waals surface area contributed by atoms with Gasteiger partial charge < -0.3 is 21.1 Å². The predicted molar refractivity (Wildman–Crippen MR) is 137 cm³/mol. The van der Waals surface area contributed by atoms with E-state index in [-0.39, 0.29) is 54.6 Å². The van der Waals surface area contributed by atoms with E-state index in [4.69, 9.17) is 5.73 Å². The molecule has 4 N–H and O–H groups in total. The number of carboxylic acids is 1. The lowest BCUT2D eigenvalue weighted by atomic mass is 9.97. The maximum Gasteiger partial charge on any atom is 0.321 e. The second-order valence-corrected chi connectivity index (χ2v) is 10.9. The summed E-state index contributed by atoms with van der Waals surface area (Å²) < 4.78 is 40.5. The standard InChI is InChI=1S/C24H33F3N4O4S.ClH/c1-13(2)21(24(34)35)30-5-3-16(4-6-30)29-22(33)23-31(7-8-36-23)20(32)11-15(28)9-14-10-18(26)19(27)12-17(14)25;/h10,12-13,15-16,21,23H,3-9,11,28H2,1-2H3,(H,29,33)(H,34,35);1H/t15-,21?,23?;/m1./s1. The summed E-state index contributed by atoms with van der Waals surface area (Å²) in [6.45, 7) is 5.21. The van der Waals surface area contributed by atoms with Crippen molar-refractivity contribution in [1.82, 2.24) is 15.1 Å². The molecule has 0 bridgehead atoms. The number of hydrogen-bond acceptors (Lipinski definition) is 6. The SMILES string of the molecule is CC(C)C(C(=O)O)N1CCC(NC(=O)C2SCCN2C(=O)C[C@H](N)Cc2cc(F)c(F)cc2F)CC1.Cl. The predicted octanol–water partition coefficient (Wildman–Crippen LogP) is 2.38. The average molecular weight is 567 g/mol. The van der Waals surface area contributed by atoms with Gasteiger partial charge >= 0.3 is 5.97 Å². The van der Waals surface area contributed by atoms with Crippen molar-refractivity contribution in [3.05, 3.63) is 35.1 Å². The molecule has 2 aliphatic heterocycles. The van der Waals surface area contributed by atoms with Crippen LogP contribution < -0.4 is 11.1 Å². The molecule has 1 aromatic carbocycles. The van der Waals surface area contributed by atoms with Gasteiger partial charge in [-0.2, -0.15) is 0 Å². The summed E-state index contributed by atoms with van der Waals surface area (Å²) >= 11 is 1.34. The molecule has 8 nitrogen and oxygen atoms in total. The lowest BCUT2D eigenvalue weighted by Gasteiger charge is -2.38. The summed E-state index contributed by atoms with van der Waals surface area (Å²) in [5.41, 5.74) is 5.88. The number of nitrogens with one attached hydrogen (secondary N) is 1. The van der Waals surface area contributed by atoms with Gasteiger partial charge in [-0.05, 0) is 36.8 Å². The fourth-order valence-electron chi connectivity index (χ4n) is 4.82. The second-order valence-electron chi connectivity index (χ2n) is 9.68. The number of likely N-dealkylation sites (tertiary alicyclic amines) is 1. The van der Waals surface area contributed by atoms with Crippen LogP contribution in [0.15, 0.2) is 12.1 Å². The topological polar surface area (TPSA) is 116 Å². The Labute approximate surface area is 224 Å². The second kappa shape index (κ2) is 13.7. The van der Waals surface area contributed by atoms with Crippen LogP contribution in [0.2, 0.25) is 0 Å². The van der Waals surface area contributed by atoms with E-state index in [1.807, 2.05) is 18.7 Å². The number of halogens is 4. The summed E-state index contributed by atoms with van der Waals surface area (Å²) in [7, 11) is 0. The number of amides is 2. The Morgan fingerprint density at radius 3 is 2.32 bits per heavy atom. The monoisotopic (exact) mass is 566 g/mol. The highest BCUT2D eigenvalue weighted by molar-refractivity contribution is 8.00. The average Bonchev–Trinajstić information content (AvgIpc) is 3.28. The number of carboxylic acid groups (broad SMARTS) is 1. The van der Waals surface area contributed by atoms with Crippen LogP contribution in [0.25, 0.3) is 0 Å². The van der Waals surface area contributed by atoms with Gasteiger partial charge in [0.2, 0.25) is 5.91 Å². The van der Waals surface area contributed by atoms with Gasteiger partial charge in [0.15, 0.2) is 17.0 Å². The number of carbonyl (C=O) groups excluding carboxylic acids is 2. The first-order valence-corrected chi connectivity index (χ1v) is 13.1. The van der Waals surface area contributed by atoms with E-state index in [0.717, 1.165) is 6.07 Å². The van der Waals surface area contributed by atoms with Gasteiger partial charge in [-0.15, -0.1) is 24.2 Å². The van der Waals surface area contributed by atoms with Crippen LogP contribution in [-0.2, 0) is 20.8 Å². The number of nitrogens with two attached hydrogens (primary N) is 1. The molecule has 2 fully saturated rings. The fraction of sp³-hybridized carbons (Fsp3) is 0.625. The van der Waals surface area contributed by atoms with Crippen molar-refractivity contribution in [2.45, 2.75) is 63.0 Å². The summed E-state index contributed by atoms with van der Waals surface area (Å²) in [4.78, 5) is 40.8. The highest BCUT2D eigenvalue weighted by Gasteiger charge is 2.37. The molecule has 3 atom stereocenters. The molecular formula is C24H34ClF3N4O4S. The van der Waals surface area contributed by atoms with Crippen molar-refractivity contribution in [3.63, 3.8) is 0 Å². The lowest BCUT2D eigenvalue weighted by Crippen LogP contribution is -2.54. The molecule has 0 spiro atoms. The Hall–Kier alpha value is -2.02. The number of thioether (sulfide) groups is 1. The molecule has 0 radical (unpaired) electrons. The zero-order valence-corrected chi connectivity index (χ0v) is 22.4. The number of aliphatic carboxylic acids is 1. The fourth-order valence-corrected chi connectivity index (χ4v) is 5.96. The molecule has 208 valence electrons. The maximum atomic E-state index is 13.9. The third-order valence-corrected chi connectivity index (χ3v) is 7.80. The number of piperidine rings is 1. The van der Waals surface area contributed by atoms with Gasteiger partial charge in [-0.3, -0.25) is 19.3 Å². The smallest absolute Gasteiger partial charge is 0.321 e. The van der Waals surface area contributed by atoms with Crippen molar-refractivity contribution in [2.24, 2.45) is 11.7 Å². The third-order valence-electron chi connectivity index (χ3n) is 6.60. The van der Waals surface area contributed by atoms with Gasteiger partial charge in [-0.1, -0.05) is 13.8 Å². The summed E-state index contributed by atoms with van der Waals surface area (Å²) in [5.74, 6) is -4.39. The highest BCUT2D eigenvalue weighted by Crippen LogP contribution is 2.26. The molecule has 2 amide bonds. The molecule has 2 heterocycles. The van der Waals surface area contributed by atoms with Crippen LogP contribution in [0.1, 0.15) is 38.7 Å². The van der Waals surface area contributed by atoms with Crippen LogP contribution in [-0.4, -0.2) is 81.6 Å². The van der Waals surface area contributed by atoms with E-state index in [2.05, 4.69) is 5.32 Å². The van der Waals surface area contributed by atoms with Gasteiger partial charge in [0.1, 0.15) is 11.9 Å². The molecule has 2 unspecified atom stereocenters. The van der Waals surface area contributed by atoms with Gasteiger partial charge in [0, 0.05) is 50.0 Å². The molecule has 3 rings (SSSR count). The van der Waals surface area contributed by atoms with Crippen molar-refractivity contribution in [1.29, 1.82) is 0 Å². The largest absolute Gasteiger partial charge is 0.480 e.